The van der Waals surface area contributed by atoms with Gasteiger partial charge in [0.15, 0.2) is 6.10 Å². The number of nitrogens with one attached hydrogen (secondary N) is 1. The molecule has 0 spiro atoms. The second-order valence-corrected chi connectivity index (χ2v) is 5.44. The van der Waals surface area contributed by atoms with E-state index in [2.05, 4.69) is 17.4 Å². The number of halogens is 1. The Hall–Kier alpha value is -1.10. The number of oxime groups is 1. The topological polar surface area (TPSA) is 53.8 Å². The van der Waals surface area contributed by atoms with Gasteiger partial charge in [-0.2, -0.15) is 0 Å². The molecule has 4 nitrogen and oxygen atoms in total. The van der Waals surface area contributed by atoms with Crippen LogP contribution in [-0.2, 0) is 4.84 Å². The maximum atomic E-state index is 10.1. The van der Waals surface area contributed by atoms with Crippen molar-refractivity contribution in [3.63, 3.8) is 0 Å². The van der Waals surface area contributed by atoms with Crippen LogP contribution < -0.4 is 5.32 Å². The van der Waals surface area contributed by atoms with Gasteiger partial charge in [0.1, 0.15) is 6.10 Å². The molecule has 1 aliphatic heterocycles. The summed E-state index contributed by atoms with van der Waals surface area (Å²) in [7, 11) is 0. The van der Waals surface area contributed by atoms with Crippen LogP contribution in [0.1, 0.15) is 37.9 Å². The van der Waals surface area contributed by atoms with Gasteiger partial charge in [0.25, 0.3) is 0 Å². The maximum absolute atomic E-state index is 10.1. The van der Waals surface area contributed by atoms with Gasteiger partial charge in [-0.15, -0.1) is 0 Å². The summed E-state index contributed by atoms with van der Waals surface area (Å²) in [6.07, 6.45) is 2.18. The van der Waals surface area contributed by atoms with Crippen molar-refractivity contribution in [3.05, 3.63) is 34.9 Å². The first-order chi connectivity index (χ1) is 9.70. The summed E-state index contributed by atoms with van der Waals surface area (Å²) in [5.41, 5.74) is 1.73. The predicted octanol–water partition coefficient (Wildman–Crippen LogP) is 2.91. The zero-order chi connectivity index (χ0) is 14.4. The second-order valence-electron chi connectivity index (χ2n) is 5.01. The van der Waals surface area contributed by atoms with Crippen molar-refractivity contribution >= 4 is 17.3 Å². The monoisotopic (exact) mass is 296 g/mol. The number of hydrogen-bond donors (Lipinski definition) is 2. The fourth-order valence-corrected chi connectivity index (χ4v) is 2.23. The molecule has 1 aromatic rings. The molecule has 5 heteroatoms. The standard InChI is InChI=1S/C15H21ClN2O2/c1-2-3-8-17-10-14(19)13-9-15(20-18-13)11-4-6-12(16)7-5-11/h4-7,14-15,17,19H,2-3,8-10H2,1H3/t14-,15-/m0/s1. The van der Waals surface area contributed by atoms with Crippen molar-refractivity contribution in [3.8, 4) is 0 Å². The summed E-state index contributed by atoms with van der Waals surface area (Å²) in [6.45, 7) is 3.58. The summed E-state index contributed by atoms with van der Waals surface area (Å²) >= 11 is 5.86. The molecule has 0 unspecified atom stereocenters. The highest BCUT2D eigenvalue weighted by atomic mass is 35.5. The third-order valence-corrected chi connectivity index (χ3v) is 3.61. The Bertz CT molecular complexity index is 448. The van der Waals surface area contributed by atoms with Gasteiger partial charge >= 0.3 is 0 Å². The number of aliphatic hydroxyl groups is 1. The SMILES string of the molecule is CCCCNC[C@H](O)C1=NO[C@H](c2ccc(Cl)cc2)C1. The molecular formula is C15H21ClN2O2. The molecule has 2 rings (SSSR count). The third kappa shape index (κ3) is 4.20. The molecule has 0 amide bonds. The molecule has 0 aromatic heterocycles. The summed E-state index contributed by atoms with van der Waals surface area (Å²) in [5.74, 6) is 0. The van der Waals surface area contributed by atoms with Crippen molar-refractivity contribution in [2.45, 2.75) is 38.4 Å². The zero-order valence-corrected chi connectivity index (χ0v) is 12.4. The molecule has 0 fully saturated rings. The first-order valence-electron chi connectivity index (χ1n) is 7.07. The van der Waals surface area contributed by atoms with Gasteiger partial charge in [-0.3, -0.25) is 0 Å². The van der Waals surface area contributed by atoms with Gasteiger partial charge < -0.3 is 15.3 Å². The molecule has 2 N–H and O–H groups in total. The van der Waals surface area contributed by atoms with Gasteiger partial charge in [0.2, 0.25) is 0 Å². The zero-order valence-electron chi connectivity index (χ0n) is 11.7. The molecule has 0 radical (unpaired) electrons. The van der Waals surface area contributed by atoms with E-state index in [-0.39, 0.29) is 6.10 Å². The van der Waals surface area contributed by atoms with Gasteiger partial charge in [-0.25, -0.2) is 0 Å². The molecule has 1 heterocycles. The molecule has 0 saturated heterocycles. The van der Waals surface area contributed by atoms with Crippen molar-refractivity contribution in [1.82, 2.24) is 5.32 Å². The van der Waals surface area contributed by atoms with Crippen LogP contribution in [0.15, 0.2) is 29.4 Å². The lowest BCUT2D eigenvalue weighted by Gasteiger charge is -2.11. The molecule has 0 saturated carbocycles. The lowest BCUT2D eigenvalue weighted by atomic mass is 10.0. The Morgan fingerprint density at radius 1 is 1.45 bits per heavy atom. The van der Waals surface area contributed by atoms with Gasteiger partial charge in [-0.1, -0.05) is 42.2 Å². The van der Waals surface area contributed by atoms with Crippen molar-refractivity contribution in [1.29, 1.82) is 0 Å². The number of hydrogen-bond acceptors (Lipinski definition) is 4. The first-order valence-corrected chi connectivity index (χ1v) is 7.45. The minimum absolute atomic E-state index is 0.118. The number of aliphatic hydroxyl groups excluding tert-OH is 1. The number of rotatable bonds is 7. The number of benzene rings is 1. The van der Waals surface area contributed by atoms with Crippen molar-refractivity contribution < 1.29 is 9.94 Å². The number of unbranched alkanes of at least 4 members (excludes halogenated alkanes) is 1. The molecule has 0 bridgehead atoms. The van der Waals surface area contributed by atoms with Crippen LogP contribution in [0.3, 0.4) is 0 Å². The predicted molar refractivity (Wildman–Crippen MR) is 81.1 cm³/mol. The molecule has 110 valence electrons. The fourth-order valence-electron chi connectivity index (χ4n) is 2.11. The van der Waals surface area contributed by atoms with Crippen LogP contribution in [0, 0.1) is 0 Å². The molecule has 1 aromatic carbocycles. The van der Waals surface area contributed by atoms with Crippen molar-refractivity contribution in [2.24, 2.45) is 5.16 Å². The minimum atomic E-state index is -0.579. The summed E-state index contributed by atoms with van der Waals surface area (Å²) in [5, 5.41) is 18.0. The Balaban J connectivity index is 1.80. The maximum Gasteiger partial charge on any atom is 0.158 e. The minimum Gasteiger partial charge on any atom is -0.387 e. The summed E-state index contributed by atoms with van der Waals surface area (Å²) in [4.78, 5) is 5.40. The molecule has 2 atom stereocenters. The highest BCUT2D eigenvalue weighted by Gasteiger charge is 2.27. The first kappa shape index (κ1) is 15.3. The van der Waals surface area contributed by atoms with E-state index in [4.69, 9.17) is 16.4 Å². The van der Waals surface area contributed by atoms with Crippen LogP contribution in [0.25, 0.3) is 0 Å². The third-order valence-electron chi connectivity index (χ3n) is 3.36. The smallest absolute Gasteiger partial charge is 0.158 e. The van der Waals surface area contributed by atoms with Crippen LogP contribution in [-0.4, -0.2) is 30.0 Å². The molecule has 1 aliphatic rings. The Labute approximate surface area is 124 Å². The number of nitrogens with zero attached hydrogens (tertiary/aromatic N) is 1. The van der Waals surface area contributed by atoms with E-state index >= 15 is 0 Å². The van der Waals surface area contributed by atoms with E-state index in [1.54, 1.807) is 0 Å². The van der Waals surface area contributed by atoms with Crippen LogP contribution in [0.5, 0.6) is 0 Å². The lowest BCUT2D eigenvalue weighted by Crippen LogP contribution is -2.33. The largest absolute Gasteiger partial charge is 0.387 e. The average Bonchev–Trinajstić information content (AvgIpc) is 2.94. The van der Waals surface area contributed by atoms with Crippen LogP contribution in [0.4, 0.5) is 0 Å². The normalized spacial score (nSPS) is 19.6. The average molecular weight is 297 g/mol. The molecule has 20 heavy (non-hydrogen) atoms. The van der Waals surface area contributed by atoms with E-state index in [9.17, 15) is 5.11 Å². The van der Waals surface area contributed by atoms with Gasteiger partial charge in [0, 0.05) is 18.0 Å². The van der Waals surface area contributed by atoms with Gasteiger partial charge in [-0.05, 0) is 30.7 Å². The molecule has 0 aliphatic carbocycles. The van der Waals surface area contributed by atoms with E-state index in [0.717, 1.165) is 24.9 Å². The van der Waals surface area contributed by atoms with Crippen LogP contribution >= 0.6 is 11.6 Å². The van der Waals surface area contributed by atoms with E-state index in [0.29, 0.717) is 23.7 Å². The molecular weight excluding hydrogens is 276 g/mol. The lowest BCUT2D eigenvalue weighted by molar-refractivity contribution is 0.0855. The van der Waals surface area contributed by atoms with E-state index in [1.807, 2.05) is 24.3 Å². The second kappa shape index (κ2) is 7.62. The van der Waals surface area contributed by atoms with E-state index in [1.165, 1.54) is 0 Å². The summed E-state index contributed by atoms with van der Waals surface area (Å²) < 4.78 is 0. The van der Waals surface area contributed by atoms with Crippen LogP contribution in [0.2, 0.25) is 5.02 Å². The highest BCUT2D eigenvalue weighted by Crippen LogP contribution is 2.28. The quantitative estimate of drug-likeness (QED) is 0.761. The highest BCUT2D eigenvalue weighted by molar-refractivity contribution is 6.30. The van der Waals surface area contributed by atoms with Crippen molar-refractivity contribution in [2.75, 3.05) is 13.1 Å². The fraction of sp³-hybridized carbons (Fsp3) is 0.533. The summed E-state index contributed by atoms with van der Waals surface area (Å²) in [6, 6.07) is 7.52. The Morgan fingerprint density at radius 2 is 2.20 bits per heavy atom. The van der Waals surface area contributed by atoms with Gasteiger partial charge in [0.05, 0.1) is 5.71 Å². The Morgan fingerprint density at radius 3 is 2.90 bits per heavy atom. The van der Waals surface area contributed by atoms with E-state index < -0.39 is 6.10 Å². The Kier molecular flexibility index (Phi) is 5.83.